The number of pyridine rings is 1. The van der Waals surface area contributed by atoms with Crippen molar-refractivity contribution in [3.63, 3.8) is 0 Å². The first-order chi connectivity index (χ1) is 8.40. The Morgan fingerprint density at radius 2 is 2.11 bits per heavy atom. The molecule has 0 radical (unpaired) electrons. The lowest BCUT2D eigenvalue weighted by molar-refractivity contribution is -0.123. The van der Waals surface area contributed by atoms with E-state index in [1.807, 2.05) is 20.8 Å². The number of rotatable bonds is 1. The van der Waals surface area contributed by atoms with E-state index in [4.69, 9.17) is 5.26 Å². The summed E-state index contributed by atoms with van der Waals surface area (Å²) in [7, 11) is 0. The fourth-order valence-corrected chi connectivity index (χ4v) is 1.42. The van der Waals surface area contributed by atoms with E-state index in [-0.39, 0.29) is 5.91 Å². The van der Waals surface area contributed by atoms with Gasteiger partial charge in [0.2, 0.25) is 5.91 Å². The van der Waals surface area contributed by atoms with Crippen LogP contribution in [-0.4, -0.2) is 15.3 Å². The maximum absolute atomic E-state index is 11.8. The first-order valence-electron chi connectivity index (χ1n) is 5.60. The van der Waals surface area contributed by atoms with E-state index in [1.165, 1.54) is 0 Å². The van der Waals surface area contributed by atoms with Gasteiger partial charge in [0, 0.05) is 11.6 Å². The number of nitrogens with one attached hydrogen (secondary N) is 1. The predicted octanol–water partition coefficient (Wildman–Crippen LogP) is 2.19. The lowest BCUT2D eigenvalue weighted by Crippen LogP contribution is -2.27. The molecule has 2 aromatic rings. The zero-order chi connectivity index (χ0) is 13.3. The molecule has 0 saturated carbocycles. The van der Waals surface area contributed by atoms with E-state index in [0.29, 0.717) is 17.0 Å². The van der Waals surface area contributed by atoms with Crippen LogP contribution >= 0.6 is 0 Å². The molecule has 1 amide bonds. The van der Waals surface area contributed by atoms with Crippen molar-refractivity contribution in [3.8, 4) is 6.07 Å². The molecule has 2 heterocycles. The maximum atomic E-state index is 11.8. The zero-order valence-corrected chi connectivity index (χ0v) is 10.6. The van der Waals surface area contributed by atoms with Crippen molar-refractivity contribution < 1.29 is 4.79 Å². The number of amides is 1. The predicted molar refractivity (Wildman–Crippen MR) is 68.0 cm³/mol. The molecule has 0 unspecified atom stereocenters. The fraction of sp³-hybridized carbons (Fsp3) is 0.308. The number of anilines is 1. The molecule has 2 aromatic heterocycles. The van der Waals surface area contributed by atoms with Gasteiger partial charge in [0.05, 0.1) is 11.8 Å². The Bertz CT molecular complexity index is 643. The summed E-state index contributed by atoms with van der Waals surface area (Å²) < 4.78 is 1.72. The smallest absolute Gasteiger partial charge is 0.230 e. The normalized spacial score (nSPS) is 11.2. The maximum Gasteiger partial charge on any atom is 0.230 e. The van der Waals surface area contributed by atoms with E-state index in [9.17, 15) is 4.79 Å². The summed E-state index contributed by atoms with van der Waals surface area (Å²) in [6.07, 6.45) is 3.37. The Labute approximate surface area is 105 Å². The molecule has 0 fully saturated rings. The van der Waals surface area contributed by atoms with Gasteiger partial charge in [-0.1, -0.05) is 20.8 Å². The van der Waals surface area contributed by atoms with Crippen LogP contribution in [-0.2, 0) is 4.79 Å². The van der Waals surface area contributed by atoms with Crippen molar-refractivity contribution in [2.24, 2.45) is 5.41 Å². The highest BCUT2D eigenvalue weighted by Gasteiger charge is 2.21. The molecule has 0 spiro atoms. The van der Waals surface area contributed by atoms with Gasteiger partial charge in [-0.05, 0) is 12.1 Å². The van der Waals surface area contributed by atoms with Crippen molar-refractivity contribution in [2.45, 2.75) is 20.8 Å². The van der Waals surface area contributed by atoms with Gasteiger partial charge in [0.25, 0.3) is 0 Å². The summed E-state index contributed by atoms with van der Waals surface area (Å²) in [5.74, 6) is 0.399. The molecule has 18 heavy (non-hydrogen) atoms. The summed E-state index contributed by atoms with van der Waals surface area (Å²) in [6.45, 7) is 5.52. The second-order valence-electron chi connectivity index (χ2n) is 5.13. The molecule has 0 saturated heterocycles. The molecule has 2 rings (SSSR count). The van der Waals surface area contributed by atoms with Crippen LogP contribution in [0.25, 0.3) is 5.65 Å². The minimum atomic E-state index is -0.465. The topological polar surface area (TPSA) is 70.2 Å². The SMILES string of the molecule is CC(C)(C)C(=O)Nc1cn2cc(C#N)ccc2n1. The van der Waals surface area contributed by atoms with E-state index in [1.54, 1.807) is 28.9 Å². The monoisotopic (exact) mass is 242 g/mol. The summed E-state index contributed by atoms with van der Waals surface area (Å²) in [4.78, 5) is 16.1. The number of carbonyl (C=O) groups excluding carboxylic acids is 1. The molecule has 0 bridgehead atoms. The summed E-state index contributed by atoms with van der Waals surface area (Å²) in [6, 6.07) is 5.49. The number of aromatic nitrogens is 2. The largest absolute Gasteiger partial charge is 0.309 e. The minimum absolute atomic E-state index is 0.0913. The lowest BCUT2D eigenvalue weighted by Gasteiger charge is -2.16. The van der Waals surface area contributed by atoms with Crippen LogP contribution in [0.1, 0.15) is 26.3 Å². The number of imidazole rings is 1. The molecule has 1 N–H and O–H groups in total. The number of fused-ring (bicyclic) bond motifs is 1. The van der Waals surface area contributed by atoms with E-state index in [2.05, 4.69) is 16.4 Å². The van der Waals surface area contributed by atoms with Gasteiger partial charge in [-0.3, -0.25) is 4.79 Å². The van der Waals surface area contributed by atoms with Gasteiger partial charge in [-0.25, -0.2) is 4.98 Å². The second kappa shape index (κ2) is 4.15. The van der Waals surface area contributed by atoms with Gasteiger partial charge < -0.3 is 9.72 Å². The van der Waals surface area contributed by atoms with Crippen molar-refractivity contribution in [2.75, 3.05) is 5.32 Å². The Morgan fingerprint density at radius 1 is 1.39 bits per heavy atom. The van der Waals surface area contributed by atoms with Crippen LogP contribution < -0.4 is 5.32 Å². The molecule has 5 heteroatoms. The van der Waals surface area contributed by atoms with Gasteiger partial charge in [-0.15, -0.1) is 0 Å². The van der Waals surface area contributed by atoms with Crippen molar-refractivity contribution in [3.05, 3.63) is 30.1 Å². The molecule has 0 atom stereocenters. The third kappa shape index (κ3) is 2.33. The van der Waals surface area contributed by atoms with Gasteiger partial charge in [0.1, 0.15) is 11.7 Å². The van der Waals surface area contributed by atoms with E-state index < -0.39 is 5.41 Å². The molecular weight excluding hydrogens is 228 g/mol. The van der Waals surface area contributed by atoms with Crippen LogP contribution in [0.3, 0.4) is 0 Å². The molecule has 92 valence electrons. The number of hydrogen-bond acceptors (Lipinski definition) is 3. The molecule has 0 aliphatic rings. The Kier molecular flexibility index (Phi) is 2.79. The number of hydrogen-bond donors (Lipinski definition) is 1. The highest BCUT2D eigenvalue weighted by Crippen LogP contribution is 2.17. The molecule has 0 aliphatic heterocycles. The van der Waals surface area contributed by atoms with Crippen LogP contribution in [0.4, 0.5) is 5.82 Å². The minimum Gasteiger partial charge on any atom is -0.309 e. The van der Waals surface area contributed by atoms with Crippen molar-refractivity contribution >= 4 is 17.4 Å². The van der Waals surface area contributed by atoms with E-state index >= 15 is 0 Å². The zero-order valence-electron chi connectivity index (χ0n) is 10.6. The Morgan fingerprint density at radius 3 is 2.72 bits per heavy atom. The van der Waals surface area contributed by atoms with Crippen LogP contribution in [0, 0.1) is 16.7 Å². The fourth-order valence-electron chi connectivity index (χ4n) is 1.42. The Balaban J connectivity index is 2.31. The van der Waals surface area contributed by atoms with Gasteiger partial charge in [0.15, 0.2) is 5.82 Å². The average molecular weight is 242 g/mol. The highest BCUT2D eigenvalue weighted by molar-refractivity contribution is 5.93. The van der Waals surface area contributed by atoms with Crippen molar-refractivity contribution in [1.29, 1.82) is 5.26 Å². The van der Waals surface area contributed by atoms with E-state index in [0.717, 1.165) is 0 Å². The van der Waals surface area contributed by atoms with Crippen LogP contribution in [0.15, 0.2) is 24.5 Å². The first-order valence-corrected chi connectivity index (χ1v) is 5.60. The molecule has 5 nitrogen and oxygen atoms in total. The average Bonchev–Trinajstić information content (AvgIpc) is 2.68. The molecule has 0 aliphatic carbocycles. The number of carbonyl (C=O) groups is 1. The van der Waals surface area contributed by atoms with Crippen molar-refractivity contribution in [1.82, 2.24) is 9.38 Å². The van der Waals surface area contributed by atoms with Gasteiger partial charge in [-0.2, -0.15) is 5.26 Å². The Hall–Kier alpha value is -2.35. The van der Waals surface area contributed by atoms with Gasteiger partial charge >= 0.3 is 0 Å². The molecular formula is C13H14N4O. The third-order valence-electron chi connectivity index (χ3n) is 2.50. The number of nitrogens with zero attached hydrogens (tertiary/aromatic N) is 3. The number of nitriles is 1. The molecule has 0 aromatic carbocycles. The first kappa shape index (κ1) is 12.1. The quantitative estimate of drug-likeness (QED) is 0.833. The summed E-state index contributed by atoms with van der Waals surface area (Å²) >= 11 is 0. The van der Waals surface area contributed by atoms with Crippen LogP contribution in [0.5, 0.6) is 0 Å². The standard InChI is InChI=1S/C13H14N4O/c1-13(2,3)12(18)16-10-8-17-7-9(6-14)4-5-11(17)15-10/h4-5,7-8H,1-3H3,(H,16,18). The third-order valence-corrected chi connectivity index (χ3v) is 2.50. The highest BCUT2D eigenvalue weighted by atomic mass is 16.2. The lowest BCUT2D eigenvalue weighted by atomic mass is 9.96. The summed E-state index contributed by atoms with van der Waals surface area (Å²) in [5, 5.41) is 11.6. The summed E-state index contributed by atoms with van der Waals surface area (Å²) in [5.41, 5.74) is 0.778. The second-order valence-corrected chi connectivity index (χ2v) is 5.13. The van der Waals surface area contributed by atoms with Crippen LogP contribution in [0.2, 0.25) is 0 Å².